The molecule has 0 aromatic rings. The molecule has 6 nitrogen and oxygen atoms in total. The maximum Gasteiger partial charge on any atom is 0.310 e. The predicted molar refractivity (Wildman–Crippen MR) is 66.3 cm³/mol. The lowest BCUT2D eigenvalue weighted by Gasteiger charge is -2.38. The Morgan fingerprint density at radius 3 is 2.22 bits per heavy atom. The van der Waals surface area contributed by atoms with Gasteiger partial charge in [0.25, 0.3) is 10.2 Å². The van der Waals surface area contributed by atoms with Gasteiger partial charge in [0.2, 0.25) is 0 Å². The van der Waals surface area contributed by atoms with Gasteiger partial charge in [0.1, 0.15) is 0 Å². The van der Waals surface area contributed by atoms with E-state index in [1.165, 1.54) is 4.31 Å². The zero-order chi connectivity index (χ0) is 13.2. The number of rotatable bonds is 5. The van der Waals surface area contributed by atoms with Gasteiger partial charge in [-0.2, -0.15) is 12.7 Å². The number of carbonyl (C=O) groups is 1. The Balaban J connectivity index is 1.94. The molecule has 1 saturated carbocycles. The minimum Gasteiger partial charge on any atom is -0.481 e. The Kier molecular flexibility index (Phi) is 3.93. The van der Waals surface area contributed by atoms with E-state index in [1.54, 1.807) is 0 Å². The van der Waals surface area contributed by atoms with E-state index in [1.807, 2.05) is 0 Å². The number of hydrogen-bond acceptors (Lipinski definition) is 3. The van der Waals surface area contributed by atoms with Crippen LogP contribution in [-0.4, -0.2) is 43.4 Å². The number of carboxylic acid groups (broad SMARTS) is 1. The first-order chi connectivity index (χ1) is 8.46. The fourth-order valence-corrected chi connectivity index (χ4v) is 3.88. The maximum atomic E-state index is 12.0. The number of piperidine rings is 1. The van der Waals surface area contributed by atoms with E-state index in [2.05, 4.69) is 4.72 Å². The van der Waals surface area contributed by atoms with Crippen molar-refractivity contribution >= 4 is 16.2 Å². The van der Waals surface area contributed by atoms with Crippen LogP contribution in [0.15, 0.2) is 0 Å². The fourth-order valence-electron chi connectivity index (χ4n) is 2.50. The first-order valence-corrected chi connectivity index (χ1v) is 7.88. The van der Waals surface area contributed by atoms with Crippen LogP contribution in [0.4, 0.5) is 0 Å². The highest BCUT2D eigenvalue weighted by Gasteiger charge is 2.45. The summed E-state index contributed by atoms with van der Waals surface area (Å²) in [4.78, 5) is 11.1. The second kappa shape index (κ2) is 5.14. The zero-order valence-electron chi connectivity index (χ0n) is 10.4. The van der Waals surface area contributed by atoms with Gasteiger partial charge in [0, 0.05) is 19.6 Å². The van der Waals surface area contributed by atoms with E-state index in [-0.39, 0.29) is 6.54 Å². The molecule has 7 heteroatoms. The van der Waals surface area contributed by atoms with Gasteiger partial charge in [0.05, 0.1) is 5.41 Å². The average Bonchev–Trinajstić information content (AvgIpc) is 2.28. The molecule has 104 valence electrons. The minimum absolute atomic E-state index is 0.0150. The van der Waals surface area contributed by atoms with Gasteiger partial charge in [-0.1, -0.05) is 12.8 Å². The molecular formula is C11H20N2O4S. The normalized spacial score (nSPS) is 24.4. The SMILES string of the molecule is O=C(O)C1(CNS(=O)(=O)N2CCCCC2)CCC1. The van der Waals surface area contributed by atoms with Crippen molar-refractivity contribution in [1.82, 2.24) is 9.03 Å². The van der Waals surface area contributed by atoms with Crippen molar-refractivity contribution in [1.29, 1.82) is 0 Å². The van der Waals surface area contributed by atoms with E-state index < -0.39 is 21.6 Å². The summed E-state index contributed by atoms with van der Waals surface area (Å²) in [6.45, 7) is 1.09. The van der Waals surface area contributed by atoms with Crippen LogP contribution in [0.3, 0.4) is 0 Å². The summed E-state index contributed by atoms with van der Waals surface area (Å²) in [5.74, 6) is -0.893. The van der Waals surface area contributed by atoms with E-state index in [4.69, 9.17) is 5.11 Å². The van der Waals surface area contributed by atoms with Crippen molar-refractivity contribution < 1.29 is 18.3 Å². The van der Waals surface area contributed by atoms with Crippen LogP contribution in [0.2, 0.25) is 0 Å². The van der Waals surface area contributed by atoms with E-state index in [9.17, 15) is 13.2 Å². The maximum absolute atomic E-state index is 12.0. The van der Waals surface area contributed by atoms with E-state index in [0.29, 0.717) is 25.9 Å². The monoisotopic (exact) mass is 276 g/mol. The number of carboxylic acids is 1. The highest BCUT2D eigenvalue weighted by Crippen LogP contribution is 2.40. The summed E-state index contributed by atoms with van der Waals surface area (Å²) in [6.07, 6.45) is 4.80. The molecule has 0 atom stereocenters. The molecule has 0 spiro atoms. The molecule has 0 radical (unpaired) electrons. The Labute approximate surface area is 108 Å². The second-order valence-electron chi connectivity index (χ2n) is 5.22. The topological polar surface area (TPSA) is 86.7 Å². The summed E-state index contributed by atoms with van der Waals surface area (Å²) < 4.78 is 27.9. The standard InChI is InChI=1S/C11H20N2O4S/c14-10(15)11(5-4-6-11)9-12-18(16,17)13-7-2-1-3-8-13/h12H,1-9H2,(H,14,15). The van der Waals surface area contributed by atoms with Crippen molar-refractivity contribution in [3.05, 3.63) is 0 Å². The Bertz CT molecular complexity index is 411. The Morgan fingerprint density at radius 1 is 1.17 bits per heavy atom. The lowest BCUT2D eigenvalue weighted by molar-refractivity contribution is -0.153. The highest BCUT2D eigenvalue weighted by atomic mass is 32.2. The third-order valence-corrected chi connectivity index (χ3v) is 5.57. The first kappa shape index (κ1) is 13.8. The van der Waals surface area contributed by atoms with E-state index in [0.717, 1.165) is 25.7 Å². The van der Waals surface area contributed by atoms with Crippen LogP contribution >= 0.6 is 0 Å². The lowest BCUT2D eigenvalue weighted by atomic mass is 9.69. The van der Waals surface area contributed by atoms with Gasteiger partial charge in [-0.05, 0) is 25.7 Å². The molecule has 2 fully saturated rings. The van der Waals surface area contributed by atoms with Crippen LogP contribution in [0.1, 0.15) is 38.5 Å². The van der Waals surface area contributed by atoms with E-state index >= 15 is 0 Å². The van der Waals surface area contributed by atoms with Crippen LogP contribution in [0, 0.1) is 5.41 Å². The largest absolute Gasteiger partial charge is 0.481 e. The number of aliphatic carboxylic acids is 1. The van der Waals surface area contributed by atoms with Crippen molar-refractivity contribution in [2.24, 2.45) is 5.41 Å². The summed E-state index contributed by atoms with van der Waals surface area (Å²) in [6, 6.07) is 0. The number of nitrogens with zero attached hydrogens (tertiary/aromatic N) is 1. The molecule has 2 aliphatic rings. The minimum atomic E-state index is -3.51. The Hall–Kier alpha value is -0.660. The van der Waals surface area contributed by atoms with Crippen molar-refractivity contribution in [3.63, 3.8) is 0 Å². The zero-order valence-corrected chi connectivity index (χ0v) is 11.2. The molecule has 1 heterocycles. The molecule has 0 amide bonds. The molecule has 0 aromatic carbocycles. The number of hydrogen-bond donors (Lipinski definition) is 2. The third kappa shape index (κ3) is 2.67. The second-order valence-corrected chi connectivity index (χ2v) is 6.98. The van der Waals surface area contributed by atoms with Gasteiger partial charge >= 0.3 is 5.97 Å². The molecule has 2 rings (SSSR count). The number of nitrogens with one attached hydrogen (secondary N) is 1. The molecule has 1 aliphatic heterocycles. The first-order valence-electron chi connectivity index (χ1n) is 6.44. The Morgan fingerprint density at radius 2 is 1.78 bits per heavy atom. The van der Waals surface area contributed by atoms with Crippen LogP contribution in [0.25, 0.3) is 0 Å². The highest BCUT2D eigenvalue weighted by molar-refractivity contribution is 7.87. The van der Waals surface area contributed by atoms with Crippen LogP contribution in [0.5, 0.6) is 0 Å². The van der Waals surface area contributed by atoms with Crippen LogP contribution < -0.4 is 4.72 Å². The summed E-state index contributed by atoms with van der Waals surface area (Å²) in [5.41, 5.74) is -0.872. The van der Waals surface area contributed by atoms with Gasteiger partial charge in [0.15, 0.2) is 0 Å². The third-order valence-electron chi connectivity index (χ3n) is 4.01. The van der Waals surface area contributed by atoms with Gasteiger partial charge in [-0.15, -0.1) is 0 Å². The van der Waals surface area contributed by atoms with Crippen LogP contribution in [-0.2, 0) is 15.0 Å². The molecule has 1 saturated heterocycles. The molecule has 1 aliphatic carbocycles. The van der Waals surface area contributed by atoms with Crippen molar-refractivity contribution in [2.45, 2.75) is 38.5 Å². The summed E-state index contributed by atoms with van der Waals surface area (Å²) >= 11 is 0. The predicted octanol–water partition coefficient (Wildman–Crippen LogP) is 0.562. The van der Waals surface area contributed by atoms with Gasteiger partial charge in [-0.3, -0.25) is 4.79 Å². The smallest absolute Gasteiger partial charge is 0.310 e. The van der Waals surface area contributed by atoms with Gasteiger partial charge < -0.3 is 5.11 Å². The van der Waals surface area contributed by atoms with Gasteiger partial charge in [-0.25, -0.2) is 4.72 Å². The molecule has 0 bridgehead atoms. The molecule has 0 aromatic heterocycles. The fraction of sp³-hybridized carbons (Fsp3) is 0.909. The molecule has 2 N–H and O–H groups in total. The molecular weight excluding hydrogens is 256 g/mol. The molecule has 18 heavy (non-hydrogen) atoms. The lowest BCUT2D eigenvalue weighted by Crippen LogP contribution is -2.51. The van der Waals surface area contributed by atoms with Crippen molar-refractivity contribution in [3.8, 4) is 0 Å². The average molecular weight is 276 g/mol. The van der Waals surface area contributed by atoms with Crippen molar-refractivity contribution in [2.75, 3.05) is 19.6 Å². The quantitative estimate of drug-likeness (QED) is 0.768. The summed E-state index contributed by atoms with van der Waals surface area (Å²) in [5, 5.41) is 9.14. The molecule has 0 unspecified atom stereocenters. The summed E-state index contributed by atoms with van der Waals surface area (Å²) in [7, 11) is -3.51.